The number of nitrogens with zero attached hydrogens (tertiary/aromatic N) is 3. The van der Waals surface area contributed by atoms with Crippen molar-refractivity contribution in [1.29, 1.82) is 0 Å². The van der Waals surface area contributed by atoms with Crippen LogP contribution < -0.4 is 10.2 Å². The molecule has 0 aliphatic carbocycles. The van der Waals surface area contributed by atoms with E-state index in [9.17, 15) is 0 Å². The van der Waals surface area contributed by atoms with Crippen LogP contribution in [-0.2, 0) is 0 Å². The number of hydrogen-bond acceptors (Lipinski definition) is 4. The average Bonchev–Trinajstić information content (AvgIpc) is 2.87. The maximum Gasteiger partial charge on any atom is 0.151 e. The molecular weight excluding hydrogens is 284 g/mol. The minimum Gasteiger partial charge on any atom is -0.351 e. The predicted octanol–water partition coefficient (Wildman–Crippen LogP) is 3.26. The molecule has 0 saturated carbocycles. The first-order valence-electron chi connectivity index (χ1n) is 8.49. The van der Waals surface area contributed by atoms with Gasteiger partial charge in [-0.1, -0.05) is 29.3 Å². The lowest BCUT2D eigenvalue weighted by Gasteiger charge is -2.32. The van der Waals surface area contributed by atoms with Crippen molar-refractivity contribution in [2.24, 2.45) is 0 Å². The summed E-state index contributed by atoms with van der Waals surface area (Å²) in [5, 5.41) is 3.41. The maximum atomic E-state index is 4.64. The Kier molecular flexibility index (Phi) is 3.69. The van der Waals surface area contributed by atoms with E-state index in [1.165, 1.54) is 47.5 Å². The molecule has 2 aliphatic heterocycles. The summed E-state index contributed by atoms with van der Waals surface area (Å²) in [6, 6.07) is 8.98. The van der Waals surface area contributed by atoms with Crippen LogP contribution in [0.5, 0.6) is 0 Å². The highest BCUT2D eigenvalue weighted by Gasteiger charge is 2.22. The maximum absolute atomic E-state index is 4.64. The Hall–Kier alpha value is -2.07. The third-order valence-corrected chi connectivity index (χ3v) is 4.84. The molecule has 2 aliphatic rings. The fraction of sp³-hybridized carbons (Fsp3) is 0.421. The first-order valence-corrected chi connectivity index (χ1v) is 8.49. The molecule has 1 fully saturated rings. The molecule has 3 heterocycles. The van der Waals surface area contributed by atoms with Crippen LogP contribution in [0.4, 0.5) is 11.5 Å². The topological polar surface area (TPSA) is 31.4 Å². The van der Waals surface area contributed by atoms with Gasteiger partial charge >= 0.3 is 0 Å². The Labute approximate surface area is 138 Å². The van der Waals surface area contributed by atoms with E-state index in [2.05, 4.69) is 58.2 Å². The molecule has 4 heteroatoms. The van der Waals surface area contributed by atoms with Gasteiger partial charge in [-0.2, -0.15) is 0 Å². The first kappa shape index (κ1) is 14.5. The molecule has 0 spiro atoms. The van der Waals surface area contributed by atoms with Crippen molar-refractivity contribution in [3.63, 3.8) is 0 Å². The van der Waals surface area contributed by atoms with Crippen LogP contribution >= 0.6 is 0 Å². The number of pyridine rings is 1. The van der Waals surface area contributed by atoms with Crippen molar-refractivity contribution in [3.05, 3.63) is 41.6 Å². The van der Waals surface area contributed by atoms with E-state index in [-0.39, 0.29) is 0 Å². The second-order valence-corrected chi connectivity index (χ2v) is 6.76. The molecule has 0 unspecified atom stereocenters. The first-order chi connectivity index (χ1) is 11.2. The second kappa shape index (κ2) is 5.85. The molecule has 1 aromatic carbocycles. The zero-order chi connectivity index (χ0) is 15.8. The van der Waals surface area contributed by atoms with Gasteiger partial charge in [-0.3, -0.25) is 0 Å². The normalized spacial score (nSPS) is 16.9. The Balaban J connectivity index is 1.59. The second-order valence-electron chi connectivity index (χ2n) is 6.76. The fourth-order valence-electron chi connectivity index (χ4n) is 3.45. The Morgan fingerprint density at radius 2 is 1.78 bits per heavy atom. The molecule has 23 heavy (non-hydrogen) atoms. The van der Waals surface area contributed by atoms with Gasteiger partial charge in [0.1, 0.15) is 0 Å². The molecular formula is C19H24N4. The molecule has 0 radical (unpaired) electrons. The number of rotatable bonds is 4. The molecule has 0 bridgehead atoms. The van der Waals surface area contributed by atoms with Crippen LogP contribution in [-0.4, -0.2) is 42.7 Å². The molecule has 4 nitrogen and oxygen atoms in total. The van der Waals surface area contributed by atoms with Gasteiger partial charge in [0.2, 0.25) is 0 Å². The Bertz CT molecular complexity index is 701. The van der Waals surface area contributed by atoms with E-state index in [4.69, 9.17) is 0 Å². The fourth-order valence-corrected chi connectivity index (χ4v) is 3.45. The predicted molar refractivity (Wildman–Crippen MR) is 96.0 cm³/mol. The number of nitrogens with one attached hydrogen (secondary N) is 1. The Morgan fingerprint density at radius 3 is 2.48 bits per heavy atom. The number of likely N-dealkylation sites (tertiary alicyclic amines) is 1. The number of fused-ring (bicyclic) bond motifs is 1. The third kappa shape index (κ3) is 2.91. The van der Waals surface area contributed by atoms with Gasteiger partial charge in [-0.15, -0.1) is 0 Å². The zero-order valence-electron chi connectivity index (χ0n) is 14.0. The van der Waals surface area contributed by atoms with Gasteiger partial charge in [0, 0.05) is 24.8 Å². The molecule has 1 aromatic heterocycles. The highest BCUT2D eigenvalue weighted by molar-refractivity contribution is 5.78. The molecule has 1 N–H and O–H groups in total. The molecule has 1 saturated heterocycles. The molecule has 4 rings (SSSR count). The lowest BCUT2D eigenvalue weighted by atomic mass is 10.0. The van der Waals surface area contributed by atoms with E-state index in [1.54, 1.807) is 0 Å². The summed E-state index contributed by atoms with van der Waals surface area (Å²) in [5.74, 6) is 1.02. The van der Waals surface area contributed by atoms with Gasteiger partial charge in [-0.05, 0) is 45.0 Å². The van der Waals surface area contributed by atoms with Gasteiger partial charge in [0.15, 0.2) is 5.82 Å². The van der Waals surface area contributed by atoms with Gasteiger partial charge in [0.25, 0.3) is 0 Å². The summed E-state index contributed by atoms with van der Waals surface area (Å²) in [6.45, 7) is 9.90. The summed E-state index contributed by atoms with van der Waals surface area (Å²) in [6.07, 6.45) is 3.34. The van der Waals surface area contributed by atoms with Crippen LogP contribution in [0.25, 0.3) is 11.1 Å². The van der Waals surface area contributed by atoms with Crippen molar-refractivity contribution in [1.82, 2.24) is 9.88 Å². The number of benzene rings is 1. The van der Waals surface area contributed by atoms with E-state index in [1.807, 2.05) is 6.20 Å². The van der Waals surface area contributed by atoms with Crippen LogP contribution in [0, 0.1) is 13.8 Å². The smallest absolute Gasteiger partial charge is 0.151 e. The molecule has 0 amide bonds. The largest absolute Gasteiger partial charge is 0.351 e. The van der Waals surface area contributed by atoms with Crippen molar-refractivity contribution in [2.45, 2.75) is 20.3 Å². The van der Waals surface area contributed by atoms with Crippen molar-refractivity contribution < 1.29 is 0 Å². The number of anilines is 2. The van der Waals surface area contributed by atoms with E-state index >= 15 is 0 Å². The van der Waals surface area contributed by atoms with Gasteiger partial charge in [0.05, 0.1) is 12.4 Å². The Morgan fingerprint density at radius 1 is 1.00 bits per heavy atom. The van der Waals surface area contributed by atoms with E-state index < -0.39 is 0 Å². The SMILES string of the molecule is Cc1cc(C)cc(-c2cnc3c(c2)N(CCN2CCC2)CN3)c1. The monoisotopic (exact) mass is 308 g/mol. The van der Waals surface area contributed by atoms with Crippen LogP contribution in [0.15, 0.2) is 30.5 Å². The van der Waals surface area contributed by atoms with Gasteiger partial charge in [-0.25, -0.2) is 4.98 Å². The van der Waals surface area contributed by atoms with Crippen molar-refractivity contribution in [3.8, 4) is 11.1 Å². The average molecular weight is 308 g/mol. The summed E-state index contributed by atoms with van der Waals surface area (Å²) in [5.41, 5.74) is 6.30. The van der Waals surface area contributed by atoms with Crippen LogP contribution in [0.3, 0.4) is 0 Å². The minimum atomic E-state index is 0.868. The summed E-state index contributed by atoms with van der Waals surface area (Å²) < 4.78 is 0. The van der Waals surface area contributed by atoms with Crippen LogP contribution in [0.1, 0.15) is 17.5 Å². The molecule has 120 valence electrons. The lowest BCUT2D eigenvalue weighted by Crippen LogP contribution is -2.42. The van der Waals surface area contributed by atoms with Crippen molar-refractivity contribution >= 4 is 11.5 Å². The molecule has 0 atom stereocenters. The van der Waals surface area contributed by atoms with Crippen LogP contribution in [0.2, 0.25) is 0 Å². The third-order valence-electron chi connectivity index (χ3n) is 4.84. The quantitative estimate of drug-likeness (QED) is 0.939. The standard InChI is InChI=1S/C19H24N4/c1-14-8-15(2)10-16(9-14)17-11-18-19(20-12-17)21-13-23(18)7-6-22-4-3-5-22/h8-12H,3-7,13H2,1-2H3,(H,20,21). The summed E-state index contributed by atoms with van der Waals surface area (Å²) >= 11 is 0. The van der Waals surface area contributed by atoms with E-state index in [0.717, 1.165) is 25.6 Å². The highest BCUT2D eigenvalue weighted by Crippen LogP contribution is 2.33. The number of hydrogen-bond donors (Lipinski definition) is 1. The number of aryl methyl sites for hydroxylation is 2. The summed E-state index contributed by atoms with van der Waals surface area (Å²) in [4.78, 5) is 9.56. The van der Waals surface area contributed by atoms with E-state index in [0.29, 0.717) is 0 Å². The van der Waals surface area contributed by atoms with Gasteiger partial charge < -0.3 is 15.1 Å². The van der Waals surface area contributed by atoms with Crippen molar-refractivity contribution in [2.75, 3.05) is 43.1 Å². The lowest BCUT2D eigenvalue weighted by molar-refractivity contribution is 0.186. The molecule has 2 aromatic rings. The number of aromatic nitrogens is 1. The minimum absolute atomic E-state index is 0.868. The highest BCUT2D eigenvalue weighted by atomic mass is 15.3. The zero-order valence-corrected chi connectivity index (χ0v) is 14.0. The summed E-state index contributed by atoms with van der Waals surface area (Å²) in [7, 11) is 0.